The van der Waals surface area contributed by atoms with E-state index < -0.39 is 6.03 Å². The molecule has 180 valence electrons. The van der Waals surface area contributed by atoms with Gasteiger partial charge in [-0.05, 0) is 60.9 Å². The molecule has 3 aromatic carbocycles. The summed E-state index contributed by atoms with van der Waals surface area (Å²) in [7, 11) is 1.66. The van der Waals surface area contributed by atoms with Crippen molar-refractivity contribution in [2.24, 2.45) is 5.73 Å². The third-order valence-corrected chi connectivity index (χ3v) is 5.78. The van der Waals surface area contributed by atoms with Crippen molar-refractivity contribution in [1.82, 2.24) is 5.32 Å². The van der Waals surface area contributed by atoms with Crippen LogP contribution in [0.1, 0.15) is 50.3 Å². The van der Waals surface area contributed by atoms with Crippen molar-refractivity contribution in [3.05, 3.63) is 90.0 Å². The number of primary amides is 1. The number of nitrogens with one attached hydrogen (secondary N) is 1. The molecule has 0 bridgehead atoms. The molecule has 0 aromatic heterocycles. The molecule has 6 heteroatoms. The zero-order valence-corrected chi connectivity index (χ0v) is 20.2. The highest BCUT2D eigenvalue weighted by Gasteiger charge is 2.25. The minimum Gasteiger partial charge on any atom is -0.497 e. The third-order valence-electron chi connectivity index (χ3n) is 5.78. The zero-order valence-electron chi connectivity index (χ0n) is 20.2. The Balaban J connectivity index is 1.76. The molecule has 0 saturated carbocycles. The number of carbonyl (C=O) groups is 1. The van der Waals surface area contributed by atoms with Crippen LogP contribution in [0, 0.1) is 0 Å². The summed E-state index contributed by atoms with van der Waals surface area (Å²) < 4.78 is 11.3. The van der Waals surface area contributed by atoms with Crippen molar-refractivity contribution in [3.8, 4) is 11.5 Å². The second kappa shape index (κ2) is 12.7. The van der Waals surface area contributed by atoms with Gasteiger partial charge in [-0.1, -0.05) is 62.2 Å². The lowest BCUT2D eigenvalue weighted by molar-refractivity contribution is 0.248. The fraction of sp³-hybridized carbons (Fsp3) is 0.321. The molecule has 3 N–H and O–H groups in total. The van der Waals surface area contributed by atoms with Gasteiger partial charge in [-0.3, -0.25) is 10.2 Å². The van der Waals surface area contributed by atoms with Gasteiger partial charge in [0.05, 0.1) is 13.3 Å². The summed E-state index contributed by atoms with van der Waals surface area (Å²) in [5.74, 6) is 1.54. The van der Waals surface area contributed by atoms with E-state index in [1.807, 2.05) is 78.9 Å². The van der Waals surface area contributed by atoms with Crippen molar-refractivity contribution >= 4 is 11.7 Å². The van der Waals surface area contributed by atoms with Gasteiger partial charge < -0.3 is 15.2 Å². The number of benzene rings is 3. The Kier molecular flexibility index (Phi) is 9.35. The van der Waals surface area contributed by atoms with E-state index in [9.17, 15) is 4.79 Å². The smallest absolute Gasteiger partial charge is 0.320 e. The molecule has 3 aromatic rings. The van der Waals surface area contributed by atoms with Gasteiger partial charge in [0.15, 0.2) is 0 Å². The number of nitrogens with two attached hydrogens (primary N) is 1. The molecule has 3 rings (SSSR count). The second-order valence-corrected chi connectivity index (χ2v) is 8.30. The fourth-order valence-corrected chi connectivity index (χ4v) is 3.88. The van der Waals surface area contributed by atoms with Gasteiger partial charge in [-0.15, -0.1) is 0 Å². The van der Waals surface area contributed by atoms with Gasteiger partial charge in [0.1, 0.15) is 18.1 Å². The maximum Gasteiger partial charge on any atom is 0.320 e. The standard InChI is InChI=1S/C28H35N3O3/c1-4-5-14-27(30-21(2)23-12-9-13-26(19-23)33-3)31(28(29)32)24-15-17-25(18-16-24)34-20-22-10-7-6-8-11-22/h6-13,15-19,21,27,30H,4-5,14,20H2,1-3H3,(H2,29,32). The Morgan fingerprint density at radius 2 is 1.74 bits per heavy atom. The molecule has 2 unspecified atom stereocenters. The van der Waals surface area contributed by atoms with Crippen LogP contribution in [0.5, 0.6) is 11.5 Å². The Morgan fingerprint density at radius 3 is 2.38 bits per heavy atom. The van der Waals surface area contributed by atoms with Crippen LogP contribution in [0.2, 0.25) is 0 Å². The van der Waals surface area contributed by atoms with Crippen LogP contribution in [-0.4, -0.2) is 19.3 Å². The van der Waals surface area contributed by atoms with Crippen LogP contribution in [0.3, 0.4) is 0 Å². The zero-order chi connectivity index (χ0) is 24.3. The van der Waals surface area contributed by atoms with Crippen molar-refractivity contribution < 1.29 is 14.3 Å². The lowest BCUT2D eigenvalue weighted by Crippen LogP contribution is -2.52. The Labute approximate surface area is 202 Å². The van der Waals surface area contributed by atoms with Gasteiger partial charge in [0.25, 0.3) is 0 Å². The molecule has 0 heterocycles. The van der Waals surface area contributed by atoms with Crippen molar-refractivity contribution in [2.45, 2.75) is 51.9 Å². The predicted molar refractivity (Wildman–Crippen MR) is 137 cm³/mol. The third kappa shape index (κ3) is 6.99. The molecule has 0 radical (unpaired) electrons. The molecule has 0 saturated heterocycles. The Morgan fingerprint density at radius 1 is 1.00 bits per heavy atom. The first-order chi connectivity index (χ1) is 16.5. The number of anilines is 1. The molecule has 0 spiro atoms. The van der Waals surface area contributed by atoms with E-state index in [1.165, 1.54) is 0 Å². The minimum atomic E-state index is -0.496. The van der Waals surface area contributed by atoms with E-state index in [0.717, 1.165) is 47.6 Å². The number of carbonyl (C=O) groups excluding carboxylic acids is 1. The quantitative estimate of drug-likeness (QED) is 0.323. The molecular weight excluding hydrogens is 426 g/mol. The van der Waals surface area contributed by atoms with Crippen LogP contribution in [0.25, 0.3) is 0 Å². The first-order valence-corrected chi connectivity index (χ1v) is 11.8. The van der Waals surface area contributed by atoms with E-state index in [0.29, 0.717) is 6.61 Å². The largest absolute Gasteiger partial charge is 0.497 e. The molecular formula is C28H35N3O3. The lowest BCUT2D eigenvalue weighted by atomic mass is 10.1. The summed E-state index contributed by atoms with van der Waals surface area (Å²) in [5, 5.41) is 3.60. The number of ether oxygens (including phenoxy) is 2. The van der Waals surface area contributed by atoms with Crippen LogP contribution >= 0.6 is 0 Å². The van der Waals surface area contributed by atoms with Crippen LogP contribution in [0.4, 0.5) is 10.5 Å². The first kappa shape index (κ1) is 25.1. The number of hydrogen-bond acceptors (Lipinski definition) is 4. The van der Waals surface area contributed by atoms with E-state index in [-0.39, 0.29) is 12.2 Å². The summed E-state index contributed by atoms with van der Waals surface area (Å²) in [4.78, 5) is 14.2. The maximum atomic E-state index is 12.6. The Bertz CT molecular complexity index is 1020. The van der Waals surface area contributed by atoms with Gasteiger partial charge in [0.2, 0.25) is 0 Å². The van der Waals surface area contributed by atoms with Crippen LogP contribution in [0.15, 0.2) is 78.9 Å². The average Bonchev–Trinajstić information content (AvgIpc) is 2.87. The number of methoxy groups -OCH3 is 1. The molecule has 0 aliphatic rings. The van der Waals surface area contributed by atoms with Crippen LogP contribution in [-0.2, 0) is 6.61 Å². The van der Waals surface area contributed by atoms with E-state index in [2.05, 4.69) is 19.2 Å². The van der Waals surface area contributed by atoms with Gasteiger partial charge in [-0.2, -0.15) is 0 Å². The summed E-state index contributed by atoms with van der Waals surface area (Å²) in [6.45, 7) is 4.70. The fourth-order valence-electron chi connectivity index (χ4n) is 3.88. The molecule has 0 fully saturated rings. The van der Waals surface area contributed by atoms with Gasteiger partial charge in [-0.25, -0.2) is 4.79 Å². The number of amides is 2. The molecule has 2 atom stereocenters. The van der Waals surface area contributed by atoms with E-state index in [4.69, 9.17) is 15.2 Å². The Hall–Kier alpha value is -3.51. The van der Waals surface area contributed by atoms with Crippen molar-refractivity contribution in [2.75, 3.05) is 12.0 Å². The number of rotatable bonds is 12. The monoisotopic (exact) mass is 461 g/mol. The first-order valence-electron chi connectivity index (χ1n) is 11.8. The van der Waals surface area contributed by atoms with Gasteiger partial charge >= 0.3 is 6.03 Å². The number of urea groups is 1. The summed E-state index contributed by atoms with van der Waals surface area (Å²) in [5.41, 5.74) is 8.77. The topological polar surface area (TPSA) is 76.8 Å². The maximum absolute atomic E-state index is 12.6. The van der Waals surface area contributed by atoms with Gasteiger partial charge in [0, 0.05) is 11.7 Å². The van der Waals surface area contributed by atoms with Crippen molar-refractivity contribution in [3.63, 3.8) is 0 Å². The average molecular weight is 462 g/mol. The van der Waals surface area contributed by atoms with E-state index >= 15 is 0 Å². The number of unbranched alkanes of at least 4 members (excludes halogenated alkanes) is 1. The lowest BCUT2D eigenvalue weighted by Gasteiger charge is -2.34. The molecule has 6 nitrogen and oxygen atoms in total. The number of hydrogen-bond donors (Lipinski definition) is 2. The normalized spacial score (nSPS) is 12.6. The molecule has 34 heavy (non-hydrogen) atoms. The minimum absolute atomic E-state index is 0.00714. The molecule has 0 aliphatic carbocycles. The van der Waals surface area contributed by atoms with E-state index in [1.54, 1.807) is 12.0 Å². The second-order valence-electron chi connectivity index (χ2n) is 8.30. The number of nitrogens with zero attached hydrogens (tertiary/aromatic N) is 1. The van der Waals surface area contributed by atoms with Crippen LogP contribution < -0.4 is 25.4 Å². The summed E-state index contributed by atoms with van der Waals surface area (Å²) in [6, 6.07) is 24.9. The predicted octanol–water partition coefficient (Wildman–Crippen LogP) is 6.03. The SMILES string of the molecule is CCCCC(NC(C)c1cccc(OC)c1)N(C(N)=O)c1ccc(OCc2ccccc2)cc1. The highest BCUT2D eigenvalue weighted by Crippen LogP contribution is 2.26. The highest BCUT2D eigenvalue weighted by atomic mass is 16.5. The molecule has 0 aliphatic heterocycles. The van der Waals surface area contributed by atoms with Crippen molar-refractivity contribution in [1.29, 1.82) is 0 Å². The highest BCUT2D eigenvalue weighted by molar-refractivity contribution is 5.91. The summed E-state index contributed by atoms with van der Waals surface area (Å²) >= 11 is 0. The molecule has 2 amide bonds. The summed E-state index contributed by atoms with van der Waals surface area (Å²) in [6.07, 6.45) is 2.50.